The van der Waals surface area contributed by atoms with Gasteiger partial charge in [-0.25, -0.2) is 0 Å². The zero-order valence-corrected chi connectivity index (χ0v) is 11.7. The molecule has 0 aromatic heterocycles. The number of nitrogens with zero attached hydrogens (tertiary/aromatic N) is 1. The highest BCUT2D eigenvalue weighted by Crippen LogP contribution is 2.21. The van der Waals surface area contributed by atoms with Gasteiger partial charge in [0.05, 0.1) is 13.2 Å². The van der Waals surface area contributed by atoms with Gasteiger partial charge < -0.3 is 14.8 Å². The standard InChI is InChI=1S/C14H28N2O2/c1-17-9-6-15-10-13-4-2-7-16(11-13)14-5-3-8-18-12-14/h13-15H,2-12H2,1H3. The van der Waals surface area contributed by atoms with Crippen LogP contribution in [0.4, 0.5) is 0 Å². The molecule has 0 aromatic carbocycles. The second-order valence-corrected chi connectivity index (χ2v) is 5.57. The third-order valence-corrected chi connectivity index (χ3v) is 4.12. The Kier molecular flexibility index (Phi) is 6.41. The molecule has 2 aliphatic rings. The molecule has 2 fully saturated rings. The van der Waals surface area contributed by atoms with Crippen LogP contribution in [0, 0.1) is 5.92 Å². The van der Waals surface area contributed by atoms with E-state index in [2.05, 4.69) is 10.2 Å². The van der Waals surface area contributed by atoms with Crippen LogP contribution in [0.15, 0.2) is 0 Å². The Labute approximate surface area is 111 Å². The summed E-state index contributed by atoms with van der Waals surface area (Å²) in [4.78, 5) is 2.66. The first-order valence-corrected chi connectivity index (χ1v) is 7.41. The Morgan fingerprint density at radius 1 is 1.33 bits per heavy atom. The first-order valence-electron chi connectivity index (χ1n) is 7.41. The molecule has 0 radical (unpaired) electrons. The van der Waals surface area contributed by atoms with Crippen LogP contribution in [0.25, 0.3) is 0 Å². The van der Waals surface area contributed by atoms with Crippen LogP contribution in [-0.2, 0) is 9.47 Å². The lowest BCUT2D eigenvalue weighted by Gasteiger charge is -2.39. The zero-order valence-electron chi connectivity index (χ0n) is 11.7. The number of hydrogen-bond donors (Lipinski definition) is 1. The topological polar surface area (TPSA) is 33.7 Å². The minimum atomic E-state index is 0.681. The average molecular weight is 256 g/mol. The van der Waals surface area contributed by atoms with Gasteiger partial charge in [-0.2, -0.15) is 0 Å². The number of hydrogen-bond acceptors (Lipinski definition) is 4. The molecular formula is C14H28N2O2. The molecule has 0 aliphatic carbocycles. The number of likely N-dealkylation sites (tertiary alicyclic amines) is 1. The maximum atomic E-state index is 5.61. The molecular weight excluding hydrogens is 228 g/mol. The van der Waals surface area contributed by atoms with Gasteiger partial charge in [-0.15, -0.1) is 0 Å². The second-order valence-electron chi connectivity index (χ2n) is 5.57. The fourth-order valence-electron chi connectivity index (χ4n) is 3.09. The highest BCUT2D eigenvalue weighted by molar-refractivity contribution is 4.81. The van der Waals surface area contributed by atoms with E-state index < -0.39 is 0 Å². The summed E-state index contributed by atoms with van der Waals surface area (Å²) >= 11 is 0. The molecule has 0 aromatic rings. The number of methoxy groups -OCH3 is 1. The van der Waals surface area contributed by atoms with E-state index in [1.807, 2.05) is 0 Å². The fraction of sp³-hybridized carbons (Fsp3) is 1.00. The highest BCUT2D eigenvalue weighted by atomic mass is 16.5. The summed E-state index contributed by atoms with van der Waals surface area (Å²) in [6.45, 7) is 7.34. The Bertz CT molecular complexity index is 220. The Morgan fingerprint density at radius 2 is 2.28 bits per heavy atom. The summed E-state index contributed by atoms with van der Waals surface area (Å²) in [5, 5.41) is 3.50. The Morgan fingerprint density at radius 3 is 3.06 bits per heavy atom. The molecule has 2 atom stereocenters. The van der Waals surface area contributed by atoms with Gasteiger partial charge >= 0.3 is 0 Å². The van der Waals surface area contributed by atoms with Gasteiger partial charge in [0, 0.05) is 32.8 Å². The first kappa shape index (κ1) is 14.3. The minimum Gasteiger partial charge on any atom is -0.383 e. The van der Waals surface area contributed by atoms with Gasteiger partial charge in [-0.05, 0) is 44.7 Å². The van der Waals surface area contributed by atoms with E-state index in [9.17, 15) is 0 Å². The van der Waals surface area contributed by atoms with Crippen molar-refractivity contribution in [2.75, 3.05) is 53.1 Å². The predicted molar refractivity (Wildman–Crippen MR) is 72.9 cm³/mol. The maximum absolute atomic E-state index is 5.61. The summed E-state index contributed by atoms with van der Waals surface area (Å²) in [5.41, 5.74) is 0. The second kappa shape index (κ2) is 8.10. The lowest BCUT2D eigenvalue weighted by Crippen LogP contribution is -2.48. The Hall–Kier alpha value is -0.160. The summed E-state index contributed by atoms with van der Waals surface area (Å²) in [6.07, 6.45) is 5.26. The van der Waals surface area contributed by atoms with Gasteiger partial charge in [0.2, 0.25) is 0 Å². The van der Waals surface area contributed by atoms with E-state index in [0.717, 1.165) is 38.8 Å². The molecule has 1 N–H and O–H groups in total. The molecule has 18 heavy (non-hydrogen) atoms. The third kappa shape index (κ3) is 4.50. The third-order valence-electron chi connectivity index (χ3n) is 4.12. The van der Waals surface area contributed by atoms with E-state index in [-0.39, 0.29) is 0 Å². The lowest BCUT2D eigenvalue weighted by molar-refractivity contribution is 0.00169. The van der Waals surface area contributed by atoms with Crippen LogP contribution in [0.2, 0.25) is 0 Å². The molecule has 106 valence electrons. The van der Waals surface area contributed by atoms with Crippen LogP contribution in [-0.4, -0.2) is 64.1 Å². The molecule has 0 amide bonds. The van der Waals surface area contributed by atoms with Gasteiger partial charge in [0.1, 0.15) is 0 Å². The van der Waals surface area contributed by atoms with Crippen LogP contribution in [0.5, 0.6) is 0 Å². The molecule has 0 bridgehead atoms. The summed E-state index contributed by atoms with van der Waals surface area (Å²) in [7, 11) is 1.76. The Balaban J connectivity index is 1.67. The summed E-state index contributed by atoms with van der Waals surface area (Å²) in [6, 6.07) is 0.681. The first-order chi connectivity index (χ1) is 8.90. The number of nitrogens with one attached hydrogen (secondary N) is 1. The molecule has 0 saturated carbocycles. The zero-order chi connectivity index (χ0) is 12.6. The van der Waals surface area contributed by atoms with Crippen molar-refractivity contribution in [3.63, 3.8) is 0 Å². The van der Waals surface area contributed by atoms with Crippen molar-refractivity contribution in [2.24, 2.45) is 5.92 Å². The fourth-order valence-corrected chi connectivity index (χ4v) is 3.09. The van der Waals surface area contributed by atoms with Crippen LogP contribution < -0.4 is 5.32 Å². The monoisotopic (exact) mass is 256 g/mol. The minimum absolute atomic E-state index is 0.681. The molecule has 2 saturated heterocycles. The van der Waals surface area contributed by atoms with Gasteiger partial charge in [-0.1, -0.05) is 0 Å². The van der Waals surface area contributed by atoms with E-state index in [4.69, 9.17) is 9.47 Å². The number of ether oxygens (including phenoxy) is 2. The van der Waals surface area contributed by atoms with Crippen molar-refractivity contribution in [1.29, 1.82) is 0 Å². The summed E-state index contributed by atoms with van der Waals surface area (Å²) < 4.78 is 10.7. The largest absolute Gasteiger partial charge is 0.383 e. The van der Waals surface area contributed by atoms with Gasteiger partial charge in [0.25, 0.3) is 0 Å². The predicted octanol–water partition coefficient (Wildman–Crippen LogP) is 1.11. The van der Waals surface area contributed by atoms with Crippen molar-refractivity contribution in [1.82, 2.24) is 10.2 Å². The van der Waals surface area contributed by atoms with Crippen molar-refractivity contribution >= 4 is 0 Å². The quantitative estimate of drug-likeness (QED) is 0.722. The smallest absolute Gasteiger partial charge is 0.0621 e. The van der Waals surface area contributed by atoms with Crippen molar-refractivity contribution < 1.29 is 9.47 Å². The van der Waals surface area contributed by atoms with E-state index in [0.29, 0.717) is 6.04 Å². The van der Waals surface area contributed by atoms with E-state index in [1.165, 1.54) is 38.8 Å². The van der Waals surface area contributed by atoms with E-state index in [1.54, 1.807) is 7.11 Å². The number of rotatable bonds is 6. The maximum Gasteiger partial charge on any atom is 0.0621 e. The lowest BCUT2D eigenvalue weighted by atomic mass is 9.95. The van der Waals surface area contributed by atoms with Crippen LogP contribution in [0.1, 0.15) is 25.7 Å². The molecule has 2 aliphatic heterocycles. The SMILES string of the molecule is COCCNCC1CCCN(C2CCCOC2)C1. The molecule has 0 spiro atoms. The van der Waals surface area contributed by atoms with Crippen molar-refractivity contribution in [3.8, 4) is 0 Å². The average Bonchev–Trinajstić information content (AvgIpc) is 2.45. The molecule has 4 nitrogen and oxygen atoms in total. The van der Waals surface area contributed by atoms with Crippen LogP contribution in [0.3, 0.4) is 0 Å². The van der Waals surface area contributed by atoms with Crippen molar-refractivity contribution in [2.45, 2.75) is 31.7 Å². The molecule has 4 heteroatoms. The molecule has 2 unspecified atom stereocenters. The normalized spacial score (nSPS) is 30.5. The highest BCUT2D eigenvalue weighted by Gasteiger charge is 2.26. The molecule has 2 heterocycles. The molecule has 2 rings (SSSR count). The summed E-state index contributed by atoms with van der Waals surface area (Å²) in [5.74, 6) is 0.803. The van der Waals surface area contributed by atoms with Gasteiger partial charge in [0.15, 0.2) is 0 Å². The number of piperidine rings is 1. The van der Waals surface area contributed by atoms with Crippen molar-refractivity contribution in [3.05, 3.63) is 0 Å². The van der Waals surface area contributed by atoms with Gasteiger partial charge in [-0.3, -0.25) is 4.90 Å². The van der Waals surface area contributed by atoms with E-state index >= 15 is 0 Å². The van der Waals surface area contributed by atoms with Crippen LogP contribution >= 0.6 is 0 Å².